The molecule has 0 fully saturated rings. The van der Waals surface area contributed by atoms with Crippen molar-refractivity contribution >= 4 is 12.2 Å². The van der Waals surface area contributed by atoms with Crippen LogP contribution >= 0.6 is 0 Å². The first-order chi connectivity index (χ1) is 14.5. The highest BCUT2D eigenvalue weighted by molar-refractivity contribution is 5.68. The molecule has 2 amide bonds. The van der Waals surface area contributed by atoms with Crippen LogP contribution in [0, 0.1) is 0 Å². The van der Waals surface area contributed by atoms with E-state index < -0.39 is 17.7 Å². The molecule has 0 aliphatic carbocycles. The number of rotatable bonds is 11. The standard InChI is InChI=1S/C24H41N3O4/c1-8-9-13-27(14-16-30-21(28)25-7)15-17-31-22(29)26-24(5,6)20-12-10-11-19(18-20)23(2,3)4/h10-12,18H,8-9,13-17H2,1-7H3,(H,25,28)(H,26,29). The van der Waals surface area contributed by atoms with E-state index in [1.165, 1.54) is 12.6 Å². The van der Waals surface area contributed by atoms with Crippen molar-refractivity contribution in [3.05, 3.63) is 35.4 Å². The number of ether oxygens (including phenoxy) is 2. The van der Waals surface area contributed by atoms with Crippen molar-refractivity contribution in [1.82, 2.24) is 15.5 Å². The summed E-state index contributed by atoms with van der Waals surface area (Å²) in [5, 5.41) is 5.41. The van der Waals surface area contributed by atoms with Gasteiger partial charge in [0.25, 0.3) is 0 Å². The van der Waals surface area contributed by atoms with Crippen molar-refractivity contribution in [2.45, 2.75) is 65.3 Å². The SMILES string of the molecule is CCCCN(CCOC(=O)NC)CCOC(=O)NC(C)(C)c1cccc(C(C)(C)C)c1. The predicted molar refractivity (Wildman–Crippen MR) is 124 cm³/mol. The normalized spacial score (nSPS) is 11.9. The number of benzene rings is 1. The molecule has 1 aromatic carbocycles. The molecule has 0 bridgehead atoms. The Morgan fingerprint density at radius 3 is 2.06 bits per heavy atom. The quantitative estimate of drug-likeness (QED) is 0.538. The Kier molecular flexibility index (Phi) is 10.8. The second-order valence-corrected chi connectivity index (χ2v) is 9.30. The summed E-state index contributed by atoms with van der Waals surface area (Å²) in [5.74, 6) is 0. The highest BCUT2D eigenvalue weighted by Crippen LogP contribution is 2.27. The topological polar surface area (TPSA) is 79.9 Å². The molecule has 176 valence electrons. The Balaban J connectivity index is 2.56. The number of carbonyl (C=O) groups excluding carboxylic acids is 2. The third kappa shape index (κ3) is 10.0. The Morgan fingerprint density at radius 2 is 1.52 bits per heavy atom. The lowest BCUT2D eigenvalue weighted by atomic mass is 9.83. The van der Waals surface area contributed by atoms with Gasteiger partial charge in [0.15, 0.2) is 0 Å². The molecule has 0 radical (unpaired) electrons. The Labute approximate surface area is 187 Å². The summed E-state index contributed by atoms with van der Waals surface area (Å²) in [7, 11) is 1.53. The highest BCUT2D eigenvalue weighted by Gasteiger charge is 2.25. The molecule has 31 heavy (non-hydrogen) atoms. The second-order valence-electron chi connectivity index (χ2n) is 9.30. The molecule has 0 saturated carbocycles. The van der Waals surface area contributed by atoms with Crippen LogP contribution in [0.1, 0.15) is 65.5 Å². The molecule has 0 aliphatic heterocycles. The molecule has 1 rings (SSSR count). The number of hydrogen-bond donors (Lipinski definition) is 2. The average molecular weight is 436 g/mol. The number of alkyl carbamates (subject to hydrolysis) is 2. The van der Waals surface area contributed by atoms with Gasteiger partial charge in [0, 0.05) is 20.1 Å². The number of amides is 2. The van der Waals surface area contributed by atoms with E-state index in [1.807, 2.05) is 26.0 Å². The average Bonchev–Trinajstić information content (AvgIpc) is 2.70. The lowest BCUT2D eigenvalue weighted by Gasteiger charge is -2.29. The van der Waals surface area contributed by atoms with Crippen LogP contribution in [0.25, 0.3) is 0 Å². The summed E-state index contributed by atoms with van der Waals surface area (Å²) in [5.41, 5.74) is 1.74. The molecule has 0 atom stereocenters. The van der Waals surface area contributed by atoms with E-state index in [9.17, 15) is 9.59 Å². The zero-order chi connectivity index (χ0) is 23.5. The van der Waals surface area contributed by atoms with Gasteiger partial charge in [0.2, 0.25) is 0 Å². The Hall–Kier alpha value is -2.28. The minimum Gasteiger partial charge on any atom is -0.448 e. The number of hydrogen-bond acceptors (Lipinski definition) is 5. The molecule has 0 aromatic heterocycles. The van der Waals surface area contributed by atoms with Crippen molar-refractivity contribution in [1.29, 1.82) is 0 Å². The fourth-order valence-electron chi connectivity index (χ4n) is 3.06. The van der Waals surface area contributed by atoms with Gasteiger partial charge in [-0.1, -0.05) is 58.4 Å². The number of carbonyl (C=O) groups is 2. The minimum absolute atomic E-state index is 0.0378. The molecule has 0 aliphatic rings. The fourth-order valence-corrected chi connectivity index (χ4v) is 3.06. The fraction of sp³-hybridized carbons (Fsp3) is 0.667. The Bertz CT molecular complexity index is 698. The molecule has 1 aromatic rings. The van der Waals surface area contributed by atoms with Crippen LogP contribution < -0.4 is 10.6 Å². The first-order valence-corrected chi connectivity index (χ1v) is 11.1. The van der Waals surface area contributed by atoms with Crippen LogP contribution in [0.15, 0.2) is 24.3 Å². The maximum atomic E-state index is 12.4. The van der Waals surface area contributed by atoms with E-state index in [-0.39, 0.29) is 12.0 Å². The van der Waals surface area contributed by atoms with E-state index in [4.69, 9.17) is 9.47 Å². The molecule has 7 nitrogen and oxygen atoms in total. The number of nitrogens with zero attached hydrogens (tertiary/aromatic N) is 1. The molecule has 0 spiro atoms. The van der Waals surface area contributed by atoms with E-state index in [0.717, 1.165) is 24.9 Å². The lowest BCUT2D eigenvalue weighted by molar-refractivity contribution is 0.103. The third-order valence-corrected chi connectivity index (χ3v) is 5.18. The zero-order valence-corrected chi connectivity index (χ0v) is 20.3. The first-order valence-electron chi connectivity index (χ1n) is 11.1. The molecule has 0 saturated heterocycles. The summed E-state index contributed by atoms with van der Waals surface area (Å²) < 4.78 is 10.5. The highest BCUT2D eigenvalue weighted by atomic mass is 16.6. The van der Waals surface area contributed by atoms with Crippen molar-refractivity contribution in [2.24, 2.45) is 0 Å². The first kappa shape index (κ1) is 26.8. The van der Waals surface area contributed by atoms with Gasteiger partial charge >= 0.3 is 12.2 Å². The van der Waals surface area contributed by atoms with Gasteiger partial charge in [-0.25, -0.2) is 9.59 Å². The van der Waals surface area contributed by atoms with Gasteiger partial charge in [-0.05, 0) is 43.4 Å². The van der Waals surface area contributed by atoms with E-state index in [0.29, 0.717) is 19.7 Å². The van der Waals surface area contributed by atoms with Crippen molar-refractivity contribution in [2.75, 3.05) is 39.9 Å². The van der Waals surface area contributed by atoms with Gasteiger partial charge in [-0.2, -0.15) is 0 Å². The number of nitrogens with one attached hydrogen (secondary N) is 2. The van der Waals surface area contributed by atoms with Crippen molar-refractivity contribution in [3.63, 3.8) is 0 Å². The maximum Gasteiger partial charge on any atom is 0.407 e. The van der Waals surface area contributed by atoms with E-state index >= 15 is 0 Å². The van der Waals surface area contributed by atoms with Gasteiger partial charge in [-0.15, -0.1) is 0 Å². The van der Waals surface area contributed by atoms with Gasteiger partial charge in [0.05, 0.1) is 5.54 Å². The second kappa shape index (κ2) is 12.5. The van der Waals surface area contributed by atoms with Crippen molar-refractivity contribution in [3.8, 4) is 0 Å². The van der Waals surface area contributed by atoms with Crippen LogP contribution in [0.4, 0.5) is 9.59 Å². The largest absolute Gasteiger partial charge is 0.448 e. The predicted octanol–water partition coefficient (Wildman–Crippen LogP) is 4.40. The maximum absolute atomic E-state index is 12.4. The molecule has 2 N–H and O–H groups in total. The van der Waals surface area contributed by atoms with Crippen molar-refractivity contribution < 1.29 is 19.1 Å². The molecule has 0 unspecified atom stereocenters. The Morgan fingerprint density at radius 1 is 0.935 bits per heavy atom. The summed E-state index contributed by atoms with van der Waals surface area (Å²) in [4.78, 5) is 25.8. The van der Waals surface area contributed by atoms with Gasteiger partial charge < -0.3 is 20.1 Å². The van der Waals surface area contributed by atoms with Crippen LogP contribution in [0.5, 0.6) is 0 Å². The van der Waals surface area contributed by atoms with E-state index in [2.05, 4.69) is 55.4 Å². The van der Waals surface area contributed by atoms with E-state index in [1.54, 1.807) is 0 Å². The summed E-state index contributed by atoms with van der Waals surface area (Å²) in [6, 6.07) is 8.29. The molecular formula is C24H41N3O4. The molecular weight excluding hydrogens is 394 g/mol. The smallest absolute Gasteiger partial charge is 0.407 e. The summed E-state index contributed by atoms with van der Waals surface area (Å²) in [6.07, 6.45) is 1.21. The van der Waals surface area contributed by atoms with Gasteiger partial charge in [-0.3, -0.25) is 4.90 Å². The zero-order valence-electron chi connectivity index (χ0n) is 20.3. The monoisotopic (exact) mass is 435 g/mol. The van der Waals surface area contributed by atoms with Gasteiger partial charge in [0.1, 0.15) is 13.2 Å². The van der Waals surface area contributed by atoms with Crippen LogP contribution in [-0.2, 0) is 20.4 Å². The lowest BCUT2D eigenvalue weighted by Crippen LogP contribution is -2.42. The number of unbranched alkanes of at least 4 members (excludes halogenated alkanes) is 1. The molecule has 7 heteroatoms. The summed E-state index contributed by atoms with van der Waals surface area (Å²) >= 11 is 0. The third-order valence-electron chi connectivity index (χ3n) is 5.18. The van der Waals surface area contributed by atoms with Crippen LogP contribution in [-0.4, -0.2) is 57.0 Å². The van der Waals surface area contributed by atoms with Crippen LogP contribution in [0.3, 0.4) is 0 Å². The molecule has 0 heterocycles. The minimum atomic E-state index is -0.554. The summed E-state index contributed by atoms with van der Waals surface area (Å²) in [6.45, 7) is 15.2. The van der Waals surface area contributed by atoms with Crippen LogP contribution in [0.2, 0.25) is 0 Å².